The first-order valence-corrected chi connectivity index (χ1v) is 8.80. The maximum Gasteiger partial charge on any atom is 0.317 e. The van der Waals surface area contributed by atoms with Crippen LogP contribution in [-0.2, 0) is 14.3 Å². The molecule has 0 radical (unpaired) electrons. The van der Waals surface area contributed by atoms with Crippen LogP contribution in [0.5, 0.6) is 0 Å². The topological polar surface area (TPSA) is 43.4 Å². The Hall–Kier alpha value is -2.46. The van der Waals surface area contributed by atoms with Crippen molar-refractivity contribution in [1.82, 2.24) is 0 Å². The molecule has 1 aliphatic carbocycles. The summed E-state index contributed by atoms with van der Waals surface area (Å²) in [5, 5.41) is 0.581. The Balaban J connectivity index is 2.01. The van der Waals surface area contributed by atoms with E-state index in [0.29, 0.717) is 11.4 Å². The Morgan fingerprint density at radius 1 is 1.15 bits per heavy atom. The minimum absolute atomic E-state index is 0.213. The third kappa shape index (κ3) is 3.86. The van der Waals surface area contributed by atoms with Crippen LogP contribution in [0.1, 0.15) is 30.4 Å². The summed E-state index contributed by atoms with van der Waals surface area (Å²) in [4.78, 5) is 25.1. The summed E-state index contributed by atoms with van der Waals surface area (Å²) in [6, 6.07) is 13.1. The Labute approximate surface area is 156 Å². The smallest absolute Gasteiger partial charge is 0.317 e. The number of carbonyl (C=O) groups is 2. The lowest BCUT2D eigenvalue weighted by Crippen LogP contribution is -2.34. The predicted octanol–water partition coefficient (Wildman–Crippen LogP) is 4.80. The van der Waals surface area contributed by atoms with Crippen LogP contribution in [0.3, 0.4) is 0 Å². The number of ether oxygens (including phenoxy) is 1. The van der Waals surface area contributed by atoms with Crippen LogP contribution in [0.15, 0.2) is 54.6 Å². The largest absolute Gasteiger partial charge is 0.465 e. The van der Waals surface area contributed by atoms with E-state index in [1.54, 1.807) is 31.2 Å². The van der Waals surface area contributed by atoms with Crippen LogP contribution in [0.4, 0.5) is 4.39 Å². The van der Waals surface area contributed by atoms with Crippen molar-refractivity contribution in [3.8, 4) is 0 Å². The molecule has 134 valence electrons. The molecular formula is C21H18ClFO3. The first kappa shape index (κ1) is 18.3. The quantitative estimate of drug-likeness (QED) is 0.572. The molecule has 1 aliphatic rings. The number of rotatable bonds is 4. The zero-order valence-corrected chi connectivity index (χ0v) is 15.0. The summed E-state index contributed by atoms with van der Waals surface area (Å²) in [6.07, 6.45) is 1.95. The molecule has 0 fully saturated rings. The molecule has 2 aromatic carbocycles. The van der Waals surface area contributed by atoms with Crippen LogP contribution >= 0.6 is 11.6 Å². The van der Waals surface area contributed by atoms with Gasteiger partial charge in [-0.2, -0.15) is 0 Å². The van der Waals surface area contributed by atoms with E-state index in [1.165, 1.54) is 18.2 Å². The van der Waals surface area contributed by atoms with Gasteiger partial charge in [0.05, 0.1) is 6.61 Å². The minimum Gasteiger partial charge on any atom is -0.465 e. The Morgan fingerprint density at radius 2 is 1.81 bits per heavy atom. The van der Waals surface area contributed by atoms with E-state index < -0.39 is 11.9 Å². The number of esters is 1. The maximum atomic E-state index is 13.2. The molecule has 0 heterocycles. The molecule has 0 aromatic heterocycles. The Bertz CT molecular complexity index is 841. The highest BCUT2D eigenvalue weighted by molar-refractivity contribution is 6.30. The number of hydrogen-bond acceptors (Lipinski definition) is 3. The molecule has 0 unspecified atom stereocenters. The standard InChI is InChI=1S/C21H18ClFO3/c1-2-26-21(25)20-18(14-3-7-16(22)8-4-14)11-15(12-19(20)24)13-5-9-17(23)10-6-13/h3-10,12,18,20H,2,11H2,1H3/t18-,20-/m0/s1. The van der Waals surface area contributed by atoms with E-state index in [-0.39, 0.29) is 24.1 Å². The fraction of sp³-hybridized carbons (Fsp3) is 0.238. The number of carbonyl (C=O) groups excluding carboxylic acids is 2. The second-order valence-electron chi connectivity index (χ2n) is 6.17. The molecule has 0 aliphatic heterocycles. The molecule has 5 heteroatoms. The van der Waals surface area contributed by atoms with Crippen molar-refractivity contribution in [2.45, 2.75) is 19.3 Å². The van der Waals surface area contributed by atoms with Gasteiger partial charge in [-0.05, 0) is 60.4 Å². The van der Waals surface area contributed by atoms with Crippen LogP contribution < -0.4 is 0 Å². The van der Waals surface area contributed by atoms with Crippen LogP contribution in [0, 0.1) is 11.7 Å². The highest BCUT2D eigenvalue weighted by Gasteiger charge is 2.39. The highest BCUT2D eigenvalue weighted by Crippen LogP contribution is 2.40. The van der Waals surface area contributed by atoms with Gasteiger partial charge in [-0.15, -0.1) is 0 Å². The molecule has 26 heavy (non-hydrogen) atoms. The van der Waals surface area contributed by atoms with Gasteiger partial charge in [0, 0.05) is 10.9 Å². The SMILES string of the molecule is CCOC(=O)[C@@H]1C(=O)C=C(c2ccc(F)cc2)C[C@H]1c1ccc(Cl)cc1. The van der Waals surface area contributed by atoms with Crippen molar-refractivity contribution in [2.75, 3.05) is 6.61 Å². The molecule has 0 saturated carbocycles. The van der Waals surface area contributed by atoms with Crippen LogP contribution in [0.25, 0.3) is 5.57 Å². The molecular weight excluding hydrogens is 355 g/mol. The van der Waals surface area contributed by atoms with Crippen molar-refractivity contribution < 1.29 is 18.7 Å². The molecule has 0 bridgehead atoms. The molecule has 0 saturated heterocycles. The highest BCUT2D eigenvalue weighted by atomic mass is 35.5. The van der Waals surface area contributed by atoms with Gasteiger partial charge in [0.1, 0.15) is 11.7 Å². The van der Waals surface area contributed by atoms with Crippen molar-refractivity contribution >= 4 is 28.9 Å². The van der Waals surface area contributed by atoms with E-state index in [1.807, 2.05) is 12.1 Å². The summed E-state index contributed by atoms with van der Waals surface area (Å²) in [7, 11) is 0. The summed E-state index contributed by atoms with van der Waals surface area (Å²) in [5.74, 6) is -2.40. The monoisotopic (exact) mass is 372 g/mol. The van der Waals surface area contributed by atoms with Gasteiger partial charge in [-0.25, -0.2) is 4.39 Å². The van der Waals surface area contributed by atoms with Crippen molar-refractivity contribution in [1.29, 1.82) is 0 Å². The lowest BCUT2D eigenvalue weighted by molar-refractivity contribution is -0.151. The van der Waals surface area contributed by atoms with Crippen molar-refractivity contribution in [2.24, 2.45) is 5.92 Å². The summed E-state index contributed by atoms with van der Waals surface area (Å²) < 4.78 is 18.3. The number of ketones is 1. The van der Waals surface area contributed by atoms with Gasteiger partial charge in [0.2, 0.25) is 0 Å². The minimum atomic E-state index is -0.889. The normalized spacial score (nSPS) is 19.8. The van der Waals surface area contributed by atoms with E-state index >= 15 is 0 Å². The molecule has 0 amide bonds. The van der Waals surface area contributed by atoms with Gasteiger partial charge < -0.3 is 4.74 Å². The van der Waals surface area contributed by atoms with Gasteiger partial charge in [-0.1, -0.05) is 35.9 Å². The maximum absolute atomic E-state index is 13.2. The molecule has 2 aromatic rings. The molecule has 3 nitrogen and oxygen atoms in total. The van der Waals surface area contributed by atoms with E-state index in [0.717, 1.165) is 16.7 Å². The van der Waals surface area contributed by atoms with Crippen molar-refractivity contribution in [3.63, 3.8) is 0 Å². The number of allylic oxidation sites excluding steroid dienone is 2. The summed E-state index contributed by atoms with van der Waals surface area (Å²) in [6.45, 7) is 1.92. The molecule has 3 rings (SSSR count). The van der Waals surface area contributed by atoms with E-state index in [2.05, 4.69) is 0 Å². The lowest BCUT2D eigenvalue weighted by atomic mass is 9.73. The third-order valence-electron chi connectivity index (χ3n) is 4.52. The Kier molecular flexibility index (Phi) is 5.52. The fourth-order valence-electron chi connectivity index (χ4n) is 3.27. The number of halogens is 2. The van der Waals surface area contributed by atoms with Gasteiger partial charge in [0.25, 0.3) is 0 Å². The first-order valence-electron chi connectivity index (χ1n) is 8.42. The van der Waals surface area contributed by atoms with Crippen molar-refractivity contribution in [3.05, 3.63) is 76.6 Å². The predicted molar refractivity (Wildman–Crippen MR) is 98.3 cm³/mol. The van der Waals surface area contributed by atoms with E-state index in [4.69, 9.17) is 16.3 Å². The third-order valence-corrected chi connectivity index (χ3v) is 4.77. The first-order chi connectivity index (χ1) is 12.5. The second-order valence-corrected chi connectivity index (χ2v) is 6.61. The zero-order chi connectivity index (χ0) is 18.7. The average molecular weight is 373 g/mol. The summed E-state index contributed by atoms with van der Waals surface area (Å²) >= 11 is 5.96. The summed E-state index contributed by atoms with van der Waals surface area (Å²) in [5.41, 5.74) is 2.38. The number of hydrogen-bond donors (Lipinski definition) is 0. The molecule has 2 atom stereocenters. The molecule has 0 N–H and O–H groups in total. The van der Waals surface area contributed by atoms with Crippen LogP contribution in [0.2, 0.25) is 5.02 Å². The zero-order valence-electron chi connectivity index (χ0n) is 14.2. The average Bonchev–Trinajstić information content (AvgIpc) is 2.62. The number of benzene rings is 2. The fourth-order valence-corrected chi connectivity index (χ4v) is 3.40. The van der Waals surface area contributed by atoms with Crippen LogP contribution in [-0.4, -0.2) is 18.4 Å². The van der Waals surface area contributed by atoms with E-state index in [9.17, 15) is 14.0 Å². The lowest BCUT2D eigenvalue weighted by Gasteiger charge is -2.29. The van der Waals surface area contributed by atoms with Gasteiger partial charge in [-0.3, -0.25) is 9.59 Å². The molecule has 0 spiro atoms. The van der Waals surface area contributed by atoms with Gasteiger partial charge >= 0.3 is 5.97 Å². The van der Waals surface area contributed by atoms with Gasteiger partial charge in [0.15, 0.2) is 5.78 Å². The second kappa shape index (κ2) is 7.83. The Morgan fingerprint density at radius 3 is 2.42 bits per heavy atom.